The molecule has 0 aliphatic carbocycles. The summed E-state index contributed by atoms with van der Waals surface area (Å²) in [7, 11) is 0. The normalized spacial score (nSPS) is 14.1. The lowest BCUT2D eigenvalue weighted by atomic mass is 10.2. The van der Waals surface area contributed by atoms with Crippen LogP contribution in [0.4, 0.5) is 5.69 Å². The van der Waals surface area contributed by atoms with Crippen molar-refractivity contribution in [2.75, 3.05) is 37.7 Å². The van der Waals surface area contributed by atoms with Crippen LogP contribution in [0.3, 0.4) is 0 Å². The van der Waals surface area contributed by atoms with Crippen molar-refractivity contribution in [2.24, 2.45) is 0 Å². The van der Waals surface area contributed by atoms with E-state index in [1.807, 2.05) is 18.2 Å². The van der Waals surface area contributed by atoms with Gasteiger partial charge in [-0.1, -0.05) is 18.2 Å². The van der Waals surface area contributed by atoms with E-state index in [1.165, 1.54) is 0 Å². The number of hydrogen-bond donors (Lipinski definition) is 0. The fourth-order valence-corrected chi connectivity index (χ4v) is 3.25. The molecule has 1 aliphatic rings. The van der Waals surface area contributed by atoms with Gasteiger partial charge < -0.3 is 14.5 Å². The van der Waals surface area contributed by atoms with E-state index in [4.69, 9.17) is 4.74 Å². The molecule has 0 saturated carbocycles. The summed E-state index contributed by atoms with van der Waals surface area (Å²) < 4.78 is 5.21. The SMILES string of the molecule is O=C(OCC(=O)N1CCN(c2ccccc2)CC1)c1ccc2nccnc2c1. The number of ether oxygens (including phenoxy) is 1. The van der Waals surface area contributed by atoms with E-state index in [-0.39, 0.29) is 12.5 Å². The maximum atomic E-state index is 12.4. The lowest BCUT2D eigenvalue weighted by molar-refractivity contribution is -0.134. The number of anilines is 1. The standard InChI is InChI=1S/C21H20N4O3/c26-20(25-12-10-24(11-13-25)17-4-2-1-3-5-17)15-28-21(27)16-6-7-18-19(14-16)23-9-8-22-18/h1-9,14H,10-13,15H2. The van der Waals surface area contributed by atoms with Gasteiger partial charge in [0.1, 0.15) is 0 Å². The van der Waals surface area contributed by atoms with E-state index in [9.17, 15) is 9.59 Å². The Labute approximate surface area is 162 Å². The summed E-state index contributed by atoms with van der Waals surface area (Å²) in [5.41, 5.74) is 2.82. The number of benzene rings is 2. The van der Waals surface area contributed by atoms with Crippen LogP contribution in [0, 0.1) is 0 Å². The molecule has 4 rings (SSSR count). The highest BCUT2D eigenvalue weighted by Gasteiger charge is 2.22. The topological polar surface area (TPSA) is 75.6 Å². The highest BCUT2D eigenvalue weighted by atomic mass is 16.5. The minimum absolute atomic E-state index is 0.179. The lowest BCUT2D eigenvalue weighted by Gasteiger charge is -2.36. The first-order valence-electron chi connectivity index (χ1n) is 9.16. The Morgan fingerprint density at radius 2 is 1.61 bits per heavy atom. The predicted octanol–water partition coefficient (Wildman–Crippen LogP) is 2.14. The molecule has 0 spiro atoms. The van der Waals surface area contributed by atoms with Crippen LogP contribution in [0.25, 0.3) is 11.0 Å². The molecule has 1 aromatic heterocycles. The van der Waals surface area contributed by atoms with Crippen molar-refractivity contribution in [1.29, 1.82) is 0 Å². The molecule has 142 valence electrons. The van der Waals surface area contributed by atoms with Crippen LogP contribution in [0.15, 0.2) is 60.9 Å². The quantitative estimate of drug-likeness (QED) is 0.650. The third kappa shape index (κ3) is 3.93. The van der Waals surface area contributed by atoms with Crippen molar-refractivity contribution in [1.82, 2.24) is 14.9 Å². The van der Waals surface area contributed by atoms with Gasteiger partial charge >= 0.3 is 5.97 Å². The van der Waals surface area contributed by atoms with Crippen molar-refractivity contribution in [3.8, 4) is 0 Å². The zero-order valence-electron chi connectivity index (χ0n) is 15.3. The summed E-state index contributed by atoms with van der Waals surface area (Å²) in [6, 6.07) is 15.1. The molecule has 1 amide bonds. The number of carbonyl (C=O) groups is 2. The van der Waals surface area contributed by atoms with E-state index in [0.717, 1.165) is 18.8 Å². The number of aromatic nitrogens is 2. The van der Waals surface area contributed by atoms with Crippen molar-refractivity contribution in [2.45, 2.75) is 0 Å². The smallest absolute Gasteiger partial charge is 0.338 e. The van der Waals surface area contributed by atoms with Crippen LogP contribution in [-0.4, -0.2) is 59.5 Å². The molecule has 2 heterocycles. The summed E-state index contributed by atoms with van der Waals surface area (Å²) in [5.74, 6) is -0.717. The van der Waals surface area contributed by atoms with E-state index in [1.54, 1.807) is 35.5 Å². The summed E-state index contributed by atoms with van der Waals surface area (Å²) >= 11 is 0. The average molecular weight is 376 g/mol. The number of piperazine rings is 1. The molecule has 1 aliphatic heterocycles. The van der Waals surface area contributed by atoms with Crippen LogP contribution in [0.5, 0.6) is 0 Å². The van der Waals surface area contributed by atoms with E-state index < -0.39 is 5.97 Å². The molecule has 2 aromatic carbocycles. The van der Waals surface area contributed by atoms with Crippen LogP contribution in [0.1, 0.15) is 10.4 Å². The van der Waals surface area contributed by atoms with Gasteiger partial charge in [0, 0.05) is 44.3 Å². The van der Waals surface area contributed by atoms with Crippen molar-refractivity contribution < 1.29 is 14.3 Å². The number of fused-ring (bicyclic) bond motifs is 1. The first kappa shape index (κ1) is 17.9. The Hall–Kier alpha value is -3.48. The van der Waals surface area contributed by atoms with Gasteiger partial charge in [-0.15, -0.1) is 0 Å². The molecule has 0 bridgehead atoms. The number of carbonyl (C=O) groups excluding carboxylic acids is 2. The number of para-hydroxylation sites is 1. The summed E-state index contributed by atoms with van der Waals surface area (Å²) in [4.78, 5) is 37.0. The third-order valence-corrected chi connectivity index (χ3v) is 4.79. The molecule has 0 unspecified atom stereocenters. The first-order chi connectivity index (χ1) is 13.7. The Morgan fingerprint density at radius 3 is 2.36 bits per heavy atom. The van der Waals surface area contributed by atoms with Gasteiger partial charge in [-0.3, -0.25) is 14.8 Å². The molecule has 28 heavy (non-hydrogen) atoms. The maximum absolute atomic E-state index is 12.4. The second-order valence-corrected chi connectivity index (χ2v) is 6.54. The molecular formula is C21H20N4O3. The number of nitrogens with zero attached hydrogens (tertiary/aromatic N) is 4. The van der Waals surface area contributed by atoms with Gasteiger partial charge in [-0.25, -0.2) is 4.79 Å². The summed E-state index contributed by atoms with van der Waals surface area (Å²) in [5, 5.41) is 0. The summed E-state index contributed by atoms with van der Waals surface area (Å²) in [6.45, 7) is 2.47. The van der Waals surface area contributed by atoms with Crippen LogP contribution < -0.4 is 4.90 Å². The van der Waals surface area contributed by atoms with Gasteiger partial charge in [0.15, 0.2) is 6.61 Å². The largest absolute Gasteiger partial charge is 0.452 e. The Bertz CT molecular complexity index is 985. The van der Waals surface area contributed by atoms with Gasteiger partial charge in [0.05, 0.1) is 16.6 Å². The minimum atomic E-state index is -0.538. The molecule has 3 aromatic rings. The average Bonchev–Trinajstić information content (AvgIpc) is 2.77. The second-order valence-electron chi connectivity index (χ2n) is 6.54. The fourth-order valence-electron chi connectivity index (χ4n) is 3.25. The van der Waals surface area contributed by atoms with E-state index in [0.29, 0.717) is 29.7 Å². The van der Waals surface area contributed by atoms with Crippen molar-refractivity contribution in [3.63, 3.8) is 0 Å². The van der Waals surface area contributed by atoms with Crippen LogP contribution >= 0.6 is 0 Å². The molecule has 0 atom stereocenters. The fraction of sp³-hybridized carbons (Fsp3) is 0.238. The van der Waals surface area contributed by atoms with Crippen molar-refractivity contribution in [3.05, 3.63) is 66.5 Å². The second kappa shape index (κ2) is 8.04. The molecular weight excluding hydrogens is 356 g/mol. The molecule has 7 heteroatoms. The number of esters is 1. The Morgan fingerprint density at radius 1 is 0.893 bits per heavy atom. The maximum Gasteiger partial charge on any atom is 0.338 e. The van der Waals surface area contributed by atoms with Gasteiger partial charge in [-0.2, -0.15) is 0 Å². The molecule has 7 nitrogen and oxygen atoms in total. The Kier molecular flexibility index (Phi) is 5.14. The van der Waals surface area contributed by atoms with Gasteiger partial charge in [0.25, 0.3) is 5.91 Å². The minimum Gasteiger partial charge on any atom is -0.452 e. The number of rotatable bonds is 4. The van der Waals surface area contributed by atoms with E-state index in [2.05, 4.69) is 27.0 Å². The first-order valence-corrected chi connectivity index (χ1v) is 9.16. The van der Waals surface area contributed by atoms with Crippen LogP contribution in [-0.2, 0) is 9.53 Å². The monoisotopic (exact) mass is 376 g/mol. The van der Waals surface area contributed by atoms with Gasteiger partial charge in [0.2, 0.25) is 0 Å². The lowest BCUT2D eigenvalue weighted by Crippen LogP contribution is -2.49. The van der Waals surface area contributed by atoms with Crippen molar-refractivity contribution >= 4 is 28.6 Å². The Balaban J connectivity index is 1.30. The molecule has 0 N–H and O–H groups in total. The zero-order chi connectivity index (χ0) is 19.3. The summed E-state index contributed by atoms with van der Waals surface area (Å²) in [6.07, 6.45) is 3.16. The zero-order valence-corrected chi connectivity index (χ0v) is 15.3. The molecule has 1 saturated heterocycles. The molecule has 1 fully saturated rings. The highest BCUT2D eigenvalue weighted by Crippen LogP contribution is 2.16. The molecule has 0 radical (unpaired) electrons. The third-order valence-electron chi connectivity index (χ3n) is 4.79. The van der Waals surface area contributed by atoms with E-state index >= 15 is 0 Å². The number of amides is 1. The van der Waals surface area contributed by atoms with Gasteiger partial charge in [-0.05, 0) is 30.3 Å². The predicted molar refractivity (Wildman–Crippen MR) is 105 cm³/mol. The van der Waals surface area contributed by atoms with Crippen LogP contribution in [0.2, 0.25) is 0 Å². The highest BCUT2D eigenvalue weighted by molar-refractivity contribution is 5.94. The number of hydrogen-bond acceptors (Lipinski definition) is 6.